The summed E-state index contributed by atoms with van der Waals surface area (Å²) in [5.74, 6) is -0.924. The van der Waals surface area contributed by atoms with Crippen LogP contribution in [0.5, 0.6) is 0 Å². The maximum absolute atomic E-state index is 11.9. The van der Waals surface area contributed by atoms with Crippen molar-refractivity contribution < 1.29 is 19.1 Å². The lowest BCUT2D eigenvalue weighted by atomic mass is 9.73. The van der Waals surface area contributed by atoms with Gasteiger partial charge >= 0.3 is 17.9 Å². The predicted octanol–water partition coefficient (Wildman–Crippen LogP) is 1.40. The molecule has 3 amide bonds. The van der Waals surface area contributed by atoms with Crippen LogP contribution in [0.3, 0.4) is 0 Å². The van der Waals surface area contributed by atoms with E-state index >= 15 is 0 Å². The minimum Gasteiger partial charge on any atom is -0.435 e. The first kappa shape index (κ1) is 20.8. The van der Waals surface area contributed by atoms with Gasteiger partial charge in [0.05, 0.1) is 5.69 Å². The van der Waals surface area contributed by atoms with E-state index in [9.17, 15) is 14.4 Å². The van der Waals surface area contributed by atoms with E-state index < -0.39 is 23.5 Å². The minimum atomic E-state index is -0.785. The first-order valence-electron chi connectivity index (χ1n) is 9.86. The molecule has 29 heavy (non-hydrogen) atoms. The monoisotopic (exact) mass is 401 g/mol. The molecule has 3 N–H and O–H groups in total. The summed E-state index contributed by atoms with van der Waals surface area (Å²) in [4.78, 5) is 39.5. The van der Waals surface area contributed by atoms with Crippen LogP contribution in [0.1, 0.15) is 50.3 Å². The number of hydrogen-bond donors (Lipinski definition) is 3. The Morgan fingerprint density at radius 2 is 2.07 bits per heavy atom. The van der Waals surface area contributed by atoms with Crippen molar-refractivity contribution in [2.45, 2.75) is 57.6 Å². The van der Waals surface area contributed by atoms with Gasteiger partial charge in [-0.25, -0.2) is 10.2 Å². The quantitative estimate of drug-likeness (QED) is 0.659. The van der Waals surface area contributed by atoms with Gasteiger partial charge in [0.15, 0.2) is 5.60 Å². The molecule has 1 aromatic rings. The van der Waals surface area contributed by atoms with E-state index in [1.807, 2.05) is 26.0 Å². The van der Waals surface area contributed by atoms with Gasteiger partial charge in [-0.3, -0.25) is 14.6 Å². The number of nitrogens with one attached hydrogen (secondary N) is 3. The second-order valence-corrected chi connectivity index (χ2v) is 7.76. The summed E-state index contributed by atoms with van der Waals surface area (Å²) in [5, 5.41) is 9.34. The summed E-state index contributed by atoms with van der Waals surface area (Å²) in [7, 11) is 1.43. The predicted molar refractivity (Wildman–Crippen MR) is 106 cm³/mol. The second-order valence-electron chi connectivity index (χ2n) is 7.76. The van der Waals surface area contributed by atoms with Gasteiger partial charge in [-0.2, -0.15) is 5.10 Å². The number of nitrogens with zero attached hydrogens (tertiary/aromatic N) is 2. The summed E-state index contributed by atoms with van der Waals surface area (Å²) in [5.41, 5.74) is 3.99. The fourth-order valence-electron chi connectivity index (χ4n) is 4.13. The fraction of sp³-hybridized carbons (Fsp3) is 0.550. The van der Waals surface area contributed by atoms with Crippen molar-refractivity contribution >= 4 is 23.6 Å². The van der Waals surface area contributed by atoms with Crippen LogP contribution in [0.4, 0.5) is 4.79 Å². The molecule has 0 saturated heterocycles. The third-order valence-electron chi connectivity index (χ3n) is 5.62. The van der Waals surface area contributed by atoms with Gasteiger partial charge in [0.2, 0.25) is 0 Å². The smallest absolute Gasteiger partial charge is 0.428 e. The third-order valence-corrected chi connectivity index (χ3v) is 5.62. The van der Waals surface area contributed by atoms with E-state index in [4.69, 9.17) is 4.74 Å². The van der Waals surface area contributed by atoms with Crippen LogP contribution in [0.15, 0.2) is 23.4 Å². The number of carbonyl (C=O) groups excluding carboxylic acids is 3. The highest BCUT2D eigenvalue weighted by Crippen LogP contribution is 2.40. The minimum absolute atomic E-state index is 0.124. The lowest BCUT2D eigenvalue weighted by Crippen LogP contribution is -2.53. The third kappa shape index (κ3) is 4.55. The molecule has 1 aliphatic heterocycles. The number of likely N-dealkylation sites (N-methyl/N-ethyl adjacent to an activating group) is 1. The lowest BCUT2D eigenvalue weighted by Gasteiger charge is -2.42. The SMILES string of the molecule is CNC(=O)C(=O)N[C@@H](C)CC1CCC2(CC1)OC(=O)NN=C2c1ncccc1C. The van der Waals surface area contributed by atoms with Gasteiger partial charge in [0.25, 0.3) is 0 Å². The van der Waals surface area contributed by atoms with Crippen LogP contribution in [0.25, 0.3) is 0 Å². The molecule has 0 radical (unpaired) electrons. The normalized spacial score (nSPS) is 24.7. The molecular weight excluding hydrogens is 374 g/mol. The van der Waals surface area contributed by atoms with E-state index in [0.717, 1.165) is 30.5 Å². The van der Waals surface area contributed by atoms with E-state index in [1.54, 1.807) is 6.20 Å². The van der Waals surface area contributed by atoms with Crippen molar-refractivity contribution in [2.24, 2.45) is 11.0 Å². The van der Waals surface area contributed by atoms with Gasteiger partial charge in [-0.15, -0.1) is 0 Å². The van der Waals surface area contributed by atoms with Crippen molar-refractivity contribution in [2.75, 3.05) is 7.05 Å². The summed E-state index contributed by atoms with van der Waals surface area (Å²) < 4.78 is 5.76. The molecule has 156 valence electrons. The van der Waals surface area contributed by atoms with Crippen LogP contribution in [0, 0.1) is 12.8 Å². The topological polar surface area (TPSA) is 122 Å². The number of rotatable bonds is 4. The van der Waals surface area contributed by atoms with Crippen molar-refractivity contribution in [1.29, 1.82) is 0 Å². The molecule has 3 rings (SSSR count). The molecule has 2 aliphatic rings. The summed E-state index contributed by atoms with van der Waals surface area (Å²) >= 11 is 0. The number of amides is 3. The lowest BCUT2D eigenvalue weighted by molar-refractivity contribution is -0.139. The van der Waals surface area contributed by atoms with E-state index in [-0.39, 0.29) is 6.04 Å². The van der Waals surface area contributed by atoms with E-state index in [0.29, 0.717) is 24.5 Å². The van der Waals surface area contributed by atoms with Crippen molar-refractivity contribution in [1.82, 2.24) is 21.0 Å². The van der Waals surface area contributed by atoms with E-state index in [1.165, 1.54) is 7.05 Å². The summed E-state index contributed by atoms with van der Waals surface area (Å²) in [6, 6.07) is 3.69. The van der Waals surface area contributed by atoms with Crippen LogP contribution in [-0.2, 0) is 14.3 Å². The van der Waals surface area contributed by atoms with Crippen LogP contribution in [0.2, 0.25) is 0 Å². The van der Waals surface area contributed by atoms with Gasteiger partial charge in [-0.1, -0.05) is 6.07 Å². The zero-order chi connectivity index (χ0) is 21.0. The number of pyridine rings is 1. The molecule has 1 aromatic heterocycles. The molecule has 0 bridgehead atoms. The molecule has 9 nitrogen and oxygen atoms in total. The zero-order valence-corrected chi connectivity index (χ0v) is 16.9. The van der Waals surface area contributed by atoms with Crippen molar-refractivity contribution in [3.05, 3.63) is 29.6 Å². The Hall–Kier alpha value is -2.97. The standard InChI is InChI=1S/C20H27N5O4/c1-12-5-4-10-22-15(12)16-20(29-19(28)25-24-16)8-6-14(7-9-20)11-13(2)23-18(27)17(26)21-3/h4-5,10,13-14H,6-9,11H2,1-3H3,(H,21,26)(H,23,27)(H,25,28)/t13-,14?,20?/m0/s1. The Bertz CT molecular complexity index is 830. The molecule has 1 atom stereocenters. The fourth-order valence-corrected chi connectivity index (χ4v) is 4.13. The highest BCUT2D eigenvalue weighted by Gasteiger charge is 2.47. The van der Waals surface area contributed by atoms with E-state index in [2.05, 4.69) is 26.1 Å². The Kier molecular flexibility index (Phi) is 6.14. The van der Waals surface area contributed by atoms with Gasteiger partial charge in [0, 0.05) is 19.3 Å². The Balaban J connectivity index is 1.67. The number of aromatic nitrogens is 1. The number of aryl methyl sites for hydroxylation is 1. The number of carbonyl (C=O) groups is 3. The highest BCUT2D eigenvalue weighted by molar-refractivity contribution is 6.35. The molecule has 1 saturated carbocycles. The van der Waals surface area contributed by atoms with Crippen LogP contribution < -0.4 is 16.1 Å². The largest absolute Gasteiger partial charge is 0.435 e. The van der Waals surface area contributed by atoms with Crippen molar-refractivity contribution in [3.8, 4) is 0 Å². The molecule has 1 aliphatic carbocycles. The number of ether oxygens (including phenoxy) is 1. The maximum Gasteiger partial charge on any atom is 0.428 e. The Labute approximate surface area is 169 Å². The molecule has 1 fully saturated rings. The van der Waals surface area contributed by atoms with Gasteiger partial charge < -0.3 is 15.4 Å². The first-order valence-corrected chi connectivity index (χ1v) is 9.86. The average molecular weight is 401 g/mol. The molecular formula is C20H27N5O4. The number of hydrazone groups is 1. The Morgan fingerprint density at radius 1 is 1.34 bits per heavy atom. The number of hydrogen-bond acceptors (Lipinski definition) is 6. The molecule has 9 heteroatoms. The van der Waals surface area contributed by atoms with Gasteiger partial charge in [-0.05, 0) is 63.5 Å². The average Bonchev–Trinajstić information content (AvgIpc) is 2.70. The molecule has 0 aromatic carbocycles. The maximum atomic E-state index is 11.9. The molecule has 2 heterocycles. The Morgan fingerprint density at radius 3 is 2.72 bits per heavy atom. The summed E-state index contributed by atoms with van der Waals surface area (Å²) in [6.07, 6.45) is 4.81. The first-order chi connectivity index (χ1) is 13.8. The molecule has 1 spiro atoms. The van der Waals surface area contributed by atoms with Crippen molar-refractivity contribution in [3.63, 3.8) is 0 Å². The van der Waals surface area contributed by atoms with Crippen LogP contribution >= 0.6 is 0 Å². The highest BCUT2D eigenvalue weighted by atomic mass is 16.6. The summed E-state index contributed by atoms with van der Waals surface area (Å²) in [6.45, 7) is 3.84. The molecule has 0 unspecified atom stereocenters. The zero-order valence-electron chi connectivity index (χ0n) is 16.9. The van der Waals surface area contributed by atoms with Gasteiger partial charge in [0.1, 0.15) is 5.71 Å². The van der Waals surface area contributed by atoms with Crippen LogP contribution in [-0.4, -0.2) is 47.3 Å². The second kappa shape index (κ2) is 8.59.